The van der Waals surface area contributed by atoms with E-state index in [-0.39, 0.29) is 6.04 Å². The molecule has 0 fully saturated rings. The van der Waals surface area contributed by atoms with Crippen molar-refractivity contribution < 1.29 is 0 Å². The number of fused-ring (bicyclic) bond motifs is 3. The fourth-order valence-electron chi connectivity index (χ4n) is 7.42. The number of hydrogen-bond donors (Lipinski definition) is 3. The van der Waals surface area contributed by atoms with Gasteiger partial charge in [0.2, 0.25) is 0 Å². The molecular weight excluding hydrogens is 633 g/mol. The molecule has 9 rings (SSSR count). The van der Waals surface area contributed by atoms with E-state index in [1.165, 1.54) is 28.1 Å². The van der Waals surface area contributed by atoms with Gasteiger partial charge in [-0.25, -0.2) is 0 Å². The summed E-state index contributed by atoms with van der Waals surface area (Å²) in [5, 5.41) is 10.8. The second kappa shape index (κ2) is 13.9. The SMILES string of the molecule is C1=CC2c3cc(Nc4ccc(-c5ccc(Nc6cccc(-c7ccccc7Nc7ccccc7)c6)cc5)cc4)ccc3N(c3ccccc3)C2C=C1. The van der Waals surface area contributed by atoms with Crippen LogP contribution in [0, 0.1) is 0 Å². The Labute approximate surface area is 305 Å². The van der Waals surface area contributed by atoms with Gasteiger partial charge in [-0.1, -0.05) is 115 Å². The summed E-state index contributed by atoms with van der Waals surface area (Å²) in [6.07, 6.45) is 8.98. The number of anilines is 8. The van der Waals surface area contributed by atoms with E-state index in [9.17, 15) is 0 Å². The van der Waals surface area contributed by atoms with Crippen LogP contribution in [0.3, 0.4) is 0 Å². The van der Waals surface area contributed by atoms with Crippen LogP contribution in [-0.2, 0) is 0 Å². The van der Waals surface area contributed by atoms with Gasteiger partial charge in [0.25, 0.3) is 0 Å². The minimum Gasteiger partial charge on any atom is -0.356 e. The standard InChI is InChI=1S/C48H38N4/c1-3-13-37(14-4-1)51-46-20-9-7-18-43(46)36-12-11-15-40(32-36)49-38-26-22-34(23-27-38)35-24-28-39(29-25-35)50-41-30-31-48-45(33-41)44-19-8-10-21-47(44)52(48)42-16-5-2-6-17-42/h1-33,44,47,49-51H. The normalized spacial score (nSPS) is 15.5. The molecule has 4 heteroatoms. The Morgan fingerprint density at radius 2 is 0.981 bits per heavy atom. The highest BCUT2D eigenvalue weighted by atomic mass is 15.2. The van der Waals surface area contributed by atoms with Crippen molar-refractivity contribution in [1.82, 2.24) is 0 Å². The van der Waals surface area contributed by atoms with Crippen molar-refractivity contribution in [3.8, 4) is 22.3 Å². The second-order valence-corrected chi connectivity index (χ2v) is 13.3. The third kappa shape index (κ3) is 6.34. The summed E-state index contributed by atoms with van der Waals surface area (Å²) in [5.41, 5.74) is 14.9. The highest BCUT2D eigenvalue weighted by Gasteiger charge is 2.37. The summed E-state index contributed by atoms with van der Waals surface area (Å²) in [6.45, 7) is 0. The van der Waals surface area contributed by atoms with Crippen LogP contribution in [0.25, 0.3) is 22.3 Å². The van der Waals surface area contributed by atoms with Crippen molar-refractivity contribution in [1.29, 1.82) is 0 Å². The second-order valence-electron chi connectivity index (χ2n) is 13.3. The van der Waals surface area contributed by atoms with Crippen LogP contribution >= 0.6 is 0 Å². The van der Waals surface area contributed by atoms with Gasteiger partial charge in [0.15, 0.2) is 0 Å². The molecule has 0 radical (unpaired) electrons. The van der Waals surface area contributed by atoms with Crippen molar-refractivity contribution in [2.24, 2.45) is 0 Å². The zero-order chi connectivity index (χ0) is 34.7. The van der Waals surface area contributed by atoms with Gasteiger partial charge in [0, 0.05) is 57.0 Å². The molecule has 0 saturated heterocycles. The molecule has 7 aromatic carbocycles. The van der Waals surface area contributed by atoms with Gasteiger partial charge in [-0.05, 0) is 107 Å². The predicted octanol–water partition coefficient (Wildman–Crippen LogP) is 13.0. The number of allylic oxidation sites excluding steroid dienone is 2. The lowest BCUT2D eigenvalue weighted by atomic mass is 9.91. The summed E-state index contributed by atoms with van der Waals surface area (Å²) in [5.74, 6) is 0.324. The molecule has 1 aliphatic heterocycles. The van der Waals surface area contributed by atoms with Crippen LogP contribution in [-0.4, -0.2) is 6.04 Å². The molecule has 2 aliphatic rings. The van der Waals surface area contributed by atoms with Crippen molar-refractivity contribution in [3.05, 3.63) is 206 Å². The molecule has 0 bridgehead atoms. The molecule has 0 saturated carbocycles. The Balaban J connectivity index is 0.878. The minimum absolute atomic E-state index is 0.286. The van der Waals surface area contributed by atoms with Crippen LogP contribution < -0.4 is 20.9 Å². The summed E-state index contributed by atoms with van der Waals surface area (Å²) in [6, 6.07) is 62.4. The first-order valence-corrected chi connectivity index (χ1v) is 17.8. The smallest absolute Gasteiger partial charge is 0.0629 e. The first kappa shape index (κ1) is 31.2. The highest BCUT2D eigenvalue weighted by Crippen LogP contribution is 2.48. The molecule has 2 atom stereocenters. The topological polar surface area (TPSA) is 39.3 Å². The average molecular weight is 671 g/mol. The monoisotopic (exact) mass is 670 g/mol. The quantitative estimate of drug-likeness (QED) is 0.143. The maximum absolute atomic E-state index is 3.66. The minimum atomic E-state index is 0.286. The van der Waals surface area contributed by atoms with Gasteiger partial charge in [-0.15, -0.1) is 0 Å². The van der Waals surface area contributed by atoms with Gasteiger partial charge in [-0.3, -0.25) is 0 Å². The summed E-state index contributed by atoms with van der Waals surface area (Å²) < 4.78 is 0. The van der Waals surface area contributed by atoms with E-state index in [1.54, 1.807) is 0 Å². The predicted molar refractivity (Wildman–Crippen MR) is 220 cm³/mol. The fourth-order valence-corrected chi connectivity index (χ4v) is 7.42. The molecule has 0 spiro atoms. The Bertz CT molecular complexity index is 2380. The summed E-state index contributed by atoms with van der Waals surface area (Å²) >= 11 is 0. The Morgan fingerprint density at radius 1 is 0.404 bits per heavy atom. The van der Waals surface area contributed by atoms with Crippen LogP contribution in [0.1, 0.15) is 11.5 Å². The molecule has 250 valence electrons. The van der Waals surface area contributed by atoms with Gasteiger partial charge in [-0.2, -0.15) is 0 Å². The lowest BCUT2D eigenvalue weighted by Crippen LogP contribution is -2.28. The van der Waals surface area contributed by atoms with Crippen molar-refractivity contribution >= 4 is 45.5 Å². The molecular formula is C48H38N4. The van der Waals surface area contributed by atoms with Crippen LogP contribution in [0.5, 0.6) is 0 Å². The lowest BCUT2D eigenvalue weighted by molar-refractivity contribution is 0.745. The molecule has 4 nitrogen and oxygen atoms in total. The first-order chi connectivity index (χ1) is 25.7. The van der Waals surface area contributed by atoms with Crippen LogP contribution in [0.4, 0.5) is 45.5 Å². The Hall–Kier alpha value is -6.78. The van der Waals surface area contributed by atoms with E-state index in [0.29, 0.717) is 5.92 Å². The maximum Gasteiger partial charge on any atom is 0.0629 e. The van der Waals surface area contributed by atoms with Crippen molar-refractivity contribution in [2.45, 2.75) is 12.0 Å². The molecule has 0 aromatic heterocycles. The molecule has 2 unspecified atom stereocenters. The molecule has 1 aliphatic carbocycles. The van der Waals surface area contributed by atoms with Gasteiger partial charge < -0.3 is 20.9 Å². The number of nitrogens with one attached hydrogen (secondary N) is 3. The van der Waals surface area contributed by atoms with E-state index in [0.717, 1.165) is 45.3 Å². The van der Waals surface area contributed by atoms with E-state index in [1.807, 2.05) is 18.2 Å². The van der Waals surface area contributed by atoms with Crippen molar-refractivity contribution in [3.63, 3.8) is 0 Å². The number of benzene rings is 7. The maximum atomic E-state index is 3.66. The molecule has 1 heterocycles. The van der Waals surface area contributed by atoms with Gasteiger partial charge in [0.1, 0.15) is 0 Å². The summed E-state index contributed by atoms with van der Waals surface area (Å²) in [7, 11) is 0. The molecule has 7 aromatic rings. The van der Waals surface area contributed by atoms with Crippen LogP contribution in [0.2, 0.25) is 0 Å². The number of nitrogens with zero attached hydrogens (tertiary/aromatic N) is 1. The van der Waals surface area contributed by atoms with Gasteiger partial charge in [0.05, 0.1) is 6.04 Å². The lowest BCUT2D eigenvalue weighted by Gasteiger charge is -2.28. The first-order valence-electron chi connectivity index (χ1n) is 17.8. The molecule has 3 N–H and O–H groups in total. The van der Waals surface area contributed by atoms with E-state index >= 15 is 0 Å². The third-order valence-corrected chi connectivity index (χ3v) is 9.92. The Morgan fingerprint density at radius 3 is 1.71 bits per heavy atom. The summed E-state index contributed by atoms with van der Waals surface area (Å²) in [4.78, 5) is 2.46. The number of rotatable bonds is 9. The third-order valence-electron chi connectivity index (χ3n) is 9.92. The fraction of sp³-hybridized carbons (Fsp3) is 0.0417. The number of hydrogen-bond acceptors (Lipinski definition) is 4. The zero-order valence-corrected chi connectivity index (χ0v) is 28.7. The largest absolute Gasteiger partial charge is 0.356 e. The molecule has 0 amide bonds. The molecule has 52 heavy (non-hydrogen) atoms. The number of para-hydroxylation sites is 3. The van der Waals surface area contributed by atoms with E-state index < -0.39 is 0 Å². The van der Waals surface area contributed by atoms with Gasteiger partial charge >= 0.3 is 0 Å². The Kier molecular flexibility index (Phi) is 8.32. The van der Waals surface area contributed by atoms with E-state index in [2.05, 4.69) is 203 Å². The van der Waals surface area contributed by atoms with E-state index in [4.69, 9.17) is 0 Å². The average Bonchev–Trinajstić information content (AvgIpc) is 3.53. The zero-order valence-electron chi connectivity index (χ0n) is 28.7. The van der Waals surface area contributed by atoms with Crippen LogP contribution in [0.15, 0.2) is 200 Å². The highest BCUT2D eigenvalue weighted by molar-refractivity contribution is 5.83. The van der Waals surface area contributed by atoms with Crippen molar-refractivity contribution in [2.75, 3.05) is 20.9 Å².